The molecule has 3 N–H and O–H groups in total. The predicted molar refractivity (Wildman–Crippen MR) is 82.4 cm³/mol. The van der Waals surface area contributed by atoms with Crippen LogP contribution >= 0.6 is 23.2 Å². The number of halogens is 2. The van der Waals surface area contributed by atoms with Crippen LogP contribution in [0, 0.1) is 0 Å². The van der Waals surface area contributed by atoms with Crippen LogP contribution in [0.5, 0.6) is 0 Å². The van der Waals surface area contributed by atoms with E-state index in [1.165, 1.54) is 6.33 Å². The van der Waals surface area contributed by atoms with E-state index in [-0.39, 0.29) is 21.9 Å². The minimum absolute atomic E-state index is 0.122. The van der Waals surface area contributed by atoms with Gasteiger partial charge in [0.15, 0.2) is 10.3 Å². The molecule has 0 atom stereocenters. The summed E-state index contributed by atoms with van der Waals surface area (Å²) in [6.07, 6.45) is 2.78. The fourth-order valence-electron chi connectivity index (χ4n) is 2.25. The maximum Gasteiger partial charge on any atom is 0.235 e. The van der Waals surface area contributed by atoms with Gasteiger partial charge in [0.25, 0.3) is 0 Å². The molecule has 1 aliphatic rings. The molecule has 108 valence electrons. The van der Waals surface area contributed by atoms with Crippen molar-refractivity contribution >= 4 is 40.5 Å². The van der Waals surface area contributed by atoms with Crippen molar-refractivity contribution in [1.29, 1.82) is 0 Å². The van der Waals surface area contributed by atoms with Crippen molar-refractivity contribution in [3.8, 4) is 0 Å². The number of nitrogens with one attached hydrogen (secondary N) is 1. The van der Waals surface area contributed by atoms with Crippen LogP contribution in [-0.2, 0) is 10.2 Å². The molecule has 5 nitrogen and oxygen atoms in total. The maximum atomic E-state index is 12.6. The van der Waals surface area contributed by atoms with Crippen LogP contribution in [0.15, 0.2) is 30.6 Å². The van der Waals surface area contributed by atoms with Crippen LogP contribution in [0.3, 0.4) is 0 Å². The summed E-state index contributed by atoms with van der Waals surface area (Å²) in [5.74, 6) is -0.161. The Bertz CT molecular complexity index is 678. The molecule has 1 saturated carbocycles. The van der Waals surface area contributed by atoms with Crippen molar-refractivity contribution in [2.45, 2.75) is 18.3 Å². The molecule has 0 saturated heterocycles. The lowest BCUT2D eigenvalue weighted by atomic mass is 9.94. The third-order valence-electron chi connectivity index (χ3n) is 3.64. The van der Waals surface area contributed by atoms with Crippen LogP contribution in [-0.4, -0.2) is 15.9 Å². The van der Waals surface area contributed by atoms with Gasteiger partial charge in [0, 0.05) is 5.69 Å². The van der Waals surface area contributed by atoms with E-state index >= 15 is 0 Å². The largest absolute Gasteiger partial charge is 0.399 e. The first-order chi connectivity index (χ1) is 10.0. The maximum absolute atomic E-state index is 12.6. The van der Waals surface area contributed by atoms with Gasteiger partial charge in [0.05, 0.1) is 5.41 Å². The van der Waals surface area contributed by atoms with E-state index in [0.29, 0.717) is 5.69 Å². The Hall–Kier alpha value is -1.85. The lowest BCUT2D eigenvalue weighted by Gasteiger charge is -2.16. The predicted octanol–water partition coefficient (Wildman–Crippen LogP) is 3.04. The van der Waals surface area contributed by atoms with Gasteiger partial charge in [-0.2, -0.15) is 0 Å². The molecule has 1 aromatic carbocycles. The average Bonchev–Trinajstić information content (AvgIpc) is 3.25. The molecular weight excluding hydrogens is 311 g/mol. The Labute approximate surface area is 131 Å². The number of aromatic nitrogens is 2. The smallest absolute Gasteiger partial charge is 0.235 e. The highest BCUT2D eigenvalue weighted by molar-refractivity contribution is 6.38. The number of nitrogens with zero attached hydrogens (tertiary/aromatic N) is 2. The Balaban J connectivity index is 1.87. The molecule has 0 aliphatic heterocycles. The summed E-state index contributed by atoms with van der Waals surface area (Å²) in [6.45, 7) is 0. The molecule has 0 spiro atoms. The number of hydrogen-bond acceptors (Lipinski definition) is 4. The van der Waals surface area contributed by atoms with Crippen LogP contribution in [0.25, 0.3) is 0 Å². The second-order valence-electron chi connectivity index (χ2n) is 4.99. The first-order valence-electron chi connectivity index (χ1n) is 6.36. The summed E-state index contributed by atoms with van der Waals surface area (Å²) in [4.78, 5) is 20.2. The molecule has 2 aromatic rings. The normalized spacial score (nSPS) is 15.5. The number of carbonyl (C=O) groups is 1. The molecule has 1 heterocycles. The van der Waals surface area contributed by atoms with Crippen molar-refractivity contribution in [3.05, 3.63) is 46.5 Å². The fourth-order valence-corrected chi connectivity index (χ4v) is 2.66. The molecule has 3 rings (SSSR count). The van der Waals surface area contributed by atoms with Crippen LogP contribution in [0.2, 0.25) is 10.3 Å². The fraction of sp³-hybridized carbons (Fsp3) is 0.214. The van der Waals surface area contributed by atoms with Gasteiger partial charge in [-0.15, -0.1) is 0 Å². The molecule has 1 fully saturated rings. The number of anilines is 2. The first-order valence-corrected chi connectivity index (χ1v) is 7.12. The molecule has 7 heteroatoms. The molecule has 0 radical (unpaired) electrons. The van der Waals surface area contributed by atoms with E-state index < -0.39 is 5.41 Å². The number of hydrogen-bond donors (Lipinski definition) is 2. The molecule has 0 bridgehead atoms. The summed E-state index contributed by atoms with van der Waals surface area (Å²) in [5, 5.41) is 2.98. The molecule has 1 amide bonds. The number of amides is 1. The van der Waals surface area contributed by atoms with Crippen molar-refractivity contribution in [2.75, 3.05) is 11.1 Å². The second kappa shape index (κ2) is 5.16. The summed E-state index contributed by atoms with van der Waals surface area (Å²) in [6, 6.07) is 7.31. The van der Waals surface area contributed by atoms with Crippen LogP contribution in [0.1, 0.15) is 18.4 Å². The van der Waals surface area contributed by atoms with Crippen LogP contribution < -0.4 is 11.1 Å². The van der Waals surface area contributed by atoms with Gasteiger partial charge >= 0.3 is 0 Å². The zero-order chi connectivity index (χ0) is 15.0. The number of benzene rings is 1. The number of nitrogens with two attached hydrogens (primary N) is 1. The lowest BCUT2D eigenvalue weighted by Crippen LogP contribution is -2.28. The van der Waals surface area contributed by atoms with E-state index in [0.717, 1.165) is 18.4 Å². The highest BCUT2D eigenvalue weighted by Gasteiger charge is 2.51. The summed E-state index contributed by atoms with van der Waals surface area (Å²) >= 11 is 11.9. The third kappa shape index (κ3) is 2.54. The van der Waals surface area contributed by atoms with Gasteiger partial charge in [-0.05, 0) is 30.5 Å². The van der Waals surface area contributed by atoms with Crippen molar-refractivity contribution < 1.29 is 4.79 Å². The van der Waals surface area contributed by atoms with Gasteiger partial charge in [-0.3, -0.25) is 4.79 Å². The Morgan fingerprint density at radius 1 is 1.14 bits per heavy atom. The number of rotatable bonds is 3. The minimum Gasteiger partial charge on any atom is -0.399 e. The third-order valence-corrected chi connectivity index (χ3v) is 4.21. The van der Waals surface area contributed by atoms with Gasteiger partial charge in [-0.25, -0.2) is 9.97 Å². The molecule has 21 heavy (non-hydrogen) atoms. The number of carbonyl (C=O) groups excluding carboxylic acids is 1. The Morgan fingerprint density at radius 2 is 1.71 bits per heavy atom. The van der Waals surface area contributed by atoms with Gasteiger partial charge < -0.3 is 11.1 Å². The van der Waals surface area contributed by atoms with Crippen molar-refractivity contribution in [2.24, 2.45) is 0 Å². The summed E-state index contributed by atoms with van der Waals surface area (Å²) in [5.41, 5.74) is 6.97. The number of nitrogen functional groups attached to an aromatic ring is 1. The van der Waals surface area contributed by atoms with Crippen LogP contribution in [0.4, 0.5) is 11.4 Å². The highest BCUT2D eigenvalue weighted by atomic mass is 35.5. The van der Waals surface area contributed by atoms with Gasteiger partial charge in [0.2, 0.25) is 5.91 Å². The highest BCUT2D eigenvalue weighted by Crippen LogP contribution is 2.49. The SMILES string of the molecule is Nc1ccc(C2(C(=O)Nc3c(Cl)ncnc3Cl)CC2)cc1. The van der Waals surface area contributed by atoms with Crippen molar-refractivity contribution in [3.63, 3.8) is 0 Å². The lowest BCUT2D eigenvalue weighted by molar-refractivity contribution is -0.118. The zero-order valence-electron chi connectivity index (χ0n) is 10.9. The van der Waals surface area contributed by atoms with Crippen molar-refractivity contribution in [1.82, 2.24) is 9.97 Å². The molecule has 0 unspecified atom stereocenters. The molecular formula is C14H12Cl2N4O. The van der Waals surface area contributed by atoms with E-state index in [1.807, 2.05) is 12.1 Å². The van der Waals surface area contributed by atoms with E-state index in [1.54, 1.807) is 12.1 Å². The standard InChI is InChI=1S/C14H12Cl2N4O/c15-11-10(12(16)19-7-18-11)20-13(21)14(5-6-14)8-1-3-9(17)4-2-8/h1-4,7H,5-6,17H2,(H,20,21). The monoisotopic (exact) mass is 322 g/mol. The molecule has 1 aliphatic carbocycles. The van der Waals surface area contributed by atoms with Gasteiger partial charge in [-0.1, -0.05) is 35.3 Å². The Kier molecular flexibility index (Phi) is 3.47. The second-order valence-corrected chi connectivity index (χ2v) is 5.70. The minimum atomic E-state index is -0.545. The quantitative estimate of drug-likeness (QED) is 0.672. The van der Waals surface area contributed by atoms with Gasteiger partial charge in [0.1, 0.15) is 12.0 Å². The molecule has 1 aromatic heterocycles. The average molecular weight is 323 g/mol. The summed E-state index contributed by atoms with van der Waals surface area (Å²) < 4.78 is 0. The van der Waals surface area contributed by atoms with E-state index in [9.17, 15) is 4.79 Å². The zero-order valence-corrected chi connectivity index (χ0v) is 12.4. The topological polar surface area (TPSA) is 80.9 Å². The first kappa shape index (κ1) is 14.1. The van der Waals surface area contributed by atoms with E-state index in [2.05, 4.69) is 15.3 Å². The Morgan fingerprint density at radius 3 is 2.24 bits per heavy atom. The van der Waals surface area contributed by atoms with E-state index in [4.69, 9.17) is 28.9 Å². The summed E-state index contributed by atoms with van der Waals surface area (Å²) in [7, 11) is 0.